The number of benzene rings is 1. The number of rotatable bonds is 1. The van der Waals surface area contributed by atoms with Crippen molar-refractivity contribution < 1.29 is 4.79 Å². The van der Waals surface area contributed by atoms with E-state index in [1.54, 1.807) is 0 Å². The van der Waals surface area contributed by atoms with E-state index in [4.69, 9.17) is 11.6 Å². The topological polar surface area (TPSA) is 20.3 Å². The van der Waals surface area contributed by atoms with E-state index < -0.39 is 0 Å². The molecule has 1 fully saturated rings. The fourth-order valence-corrected chi connectivity index (χ4v) is 2.23. The third-order valence-corrected chi connectivity index (χ3v) is 3.06. The number of hydrogen-bond acceptors (Lipinski definition) is 2. The predicted octanol–water partition coefficient (Wildman–Crippen LogP) is 2.90. The Balaban J connectivity index is 2.20. The van der Waals surface area contributed by atoms with E-state index >= 15 is 0 Å². The molecule has 0 amide bonds. The van der Waals surface area contributed by atoms with Gasteiger partial charge in [0, 0.05) is 36.1 Å². The molecule has 80 valence electrons. The molecule has 1 heterocycles. The average molecular weight is 224 g/mol. The van der Waals surface area contributed by atoms with E-state index in [0.717, 1.165) is 17.3 Å². The highest BCUT2D eigenvalue weighted by atomic mass is 35.5. The molecule has 0 aliphatic carbocycles. The third-order valence-electron chi connectivity index (χ3n) is 2.83. The SMILES string of the molecule is CC1CC(=O)CCN1c1cccc(Cl)c1. The van der Waals surface area contributed by atoms with Gasteiger partial charge in [-0.2, -0.15) is 0 Å². The van der Waals surface area contributed by atoms with Crippen LogP contribution in [-0.2, 0) is 4.79 Å². The van der Waals surface area contributed by atoms with Gasteiger partial charge >= 0.3 is 0 Å². The molecule has 1 atom stereocenters. The number of Topliss-reactive ketones (excluding diaryl/α,β-unsaturated/α-hetero) is 1. The number of ketones is 1. The van der Waals surface area contributed by atoms with Crippen LogP contribution in [0.5, 0.6) is 0 Å². The van der Waals surface area contributed by atoms with Gasteiger partial charge in [0.05, 0.1) is 0 Å². The standard InChI is InChI=1S/C12H14ClNO/c1-9-7-12(15)5-6-14(9)11-4-2-3-10(13)8-11/h2-4,8-9H,5-7H2,1H3. The Kier molecular flexibility index (Phi) is 2.96. The number of halogens is 1. The van der Waals surface area contributed by atoms with E-state index in [1.807, 2.05) is 24.3 Å². The first-order chi connectivity index (χ1) is 7.16. The molecule has 0 N–H and O–H groups in total. The van der Waals surface area contributed by atoms with Crippen LogP contribution in [-0.4, -0.2) is 18.4 Å². The van der Waals surface area contributed by atoms with Gasteiger partial charge < -0.3 is 4.90 Å². The maximum Gasteiger partial charge on any atom is 0.136 e. The van der Waals surface area contributed by atoms with Crippen molar-refractivity contribution in [1.29, 1.82) is 0 Å². The van der Waals surface area contributed by atoms with Crippen LogP contribution in [0.4, 0.5) is 5.69 Å². The number of anilines is 1. The summed E-state index contributed by atoms with van der Waals surface area (Å²) >= 11 is 5.95. The minimum atomic E-state index is 0.282. The van der Waals surface area contributed by atoms with Crippen LogP contribution in [0.15, 0.2) is 24.3 Å². The number of piperidine rings is 1. The monoisotopic (exact) mass is 223 g/mol. The van der Waals surface area contributed by atoms with E-state index in [9.17, 15) is 4.79 Å². The van der Waals surface area contributed by atoms with E-state index in [0.29, 0.717) is 18.6 Å². The molecule has 0 spiro atoms. The van der Waals surface area contributed by atoms with Gasteiger partial charge in [-0.3, -0.25) is 4.79 Å². The van der Waals surface area contributed by atoms with Crippen molar-refractivity contribution in [3.8, 4) is 0 Å². The van der Waals surface area contributed by atoms with Gasteiger partial charge in [0.1, 0.15) is 5.78 Å². The van der Waals surface area contributed by atoms with Crippen LogP contribution in [0.1, 0.15) is 19.8 Å². The Labute approximate surface area is 94.8 Å². The van der Waals surface area contributed by atoms with Crippen LogP contribution in [0, 0.1) is 0 Å². The Hall–Kier alpha value is -1.02. The lowest BCUT2D eigenvalue weighted by molar-refractivity contribution is -0.120. The zero-order chi connectivity index (χ0) is 10.8. The number of carbonyl (C=O) groups excluding carboxylic acids is 1. The zero-order valence-electron chi connectivity index (χ0n) is 8.74. The summed E-state index contributed by atoms with van der Waals surface area (Å²) in [5.74, 6) is 0.362. The van der Waals surface area contributed by atoms with Crippen molar-refractivity contribution in [1.82, 2.24) is 0 Å². The molecule has 1 aliphatic rings. The summed E-state index contributed by atoms with van der Waals surface area (Å²) in [7, 11) is 0. The predicted molar refractivity (Wildman–Crippen MR) is 62.5 cm³/mol. The lowest BCUT2D eigenvalue weighted by atomic mass is 10.0. The summed E-state index contributed by atoms with van der Waals surface area (Å²) < 4.78 is 0. The first-order valence-corrected chi connectivity index (χ1v) is 5.58. The molecule has 2 nitrogen and oxygen atoms in total. The van der Waals surface area contributed by atoms with Gasteiger partial charge in [-0.05, 0) is 25.1 Å². The van der Waals surface area contributed by atoms with Crippen molar-refractivity contribution in [2.24, 2.45) is 0 Å². The maximum absolute atomic E-state index is 11.3. The summed E-state index contributed by atoms with van der Waals surface area (Å²) in [6.07, 6.45) is 1.30. The highest BCUT2D eigenvalue weighted by Crippen LogP contribution is 2.25. The summed E-state index contributed by atoms with van der Waals surface area (Å²) in [6, 6.07) is 8.09. The van der Waals surface area contributed by atoms with Crippen molar-refractivity contribution in [2.75, 3.05) is 11.4 Å². The molecular weight excluding hydrogens is 210 g/mol. The smallest absolute Gasteiger partial charge is 0.136 e. The molecular formula is C12H14ClNO. The average Bonchev–Trinajstić information content (AvgIpc) is 2.17. The van der Waals surface area contributed by atoms with Gasteiger partial charge in [-0.15, -0.1) is 0 Å². The fourth-order valence-electron chi connectivity index (χ4n) is 2.05. The van der Waals surface area contributed by atoms with Gasteiger partial charge in [-0.1, -0.05) is 17.7 Å². The summed E-state index contributed by atoms with van der Waals surface area (Å²) in [5.41, 5.74) is 1.11. The van der Waals surface area contributed by atoms with Gasteiger partial charge in [-0.25, -0.2) is 0 Å². The Morgan fingerprint density at radius 1 is 1.47 bits per heavy atom. The summed E-state index contributed by atoms with van der Waals surface area (Å²) in [5, 5.41) is 0.747. The molecule has 2 rings (SSSR count). The normalized spacial score (nSPS) is 21.9. The molecule has 0 radical (unpaired) electrons. The zero-order valence-corrected chi connectivity index (χ0v) is 9.50. The van der Waals surface area contributed by atoms with Gasteiger partial charge in [0.15, 0.2) is 0 Å². The van der Waals surface area contributed by atoms with Gasteiger partial charge in [0.2, 0.25) is 0 Å². The third kappa shape index (κ3) is 2.32. The lowest BCUT2D eigenvalue weighted by Crippen LogP contribution is -2.41. The van der Waals surface area contributed by atoms with Crippen LogP contribution in [0.2, 0.25) is 5.02 Å². The lowest BCUT2D eigenvalue weighted by Gasteiger charge is -2.34. The fraction of sp³-hybridized carbons (Fsp3) is 0.417. The van der Waals surface area contributed by atoms with Crippen LogP contribution >= 0.6 is 11.6 Å². The van der Waals surface area contributed by atoms with Crippen molar-refractivity contribution >= 4 is 23.1 Å². The highest BCUT2D eigenvalue weighted by molar-refractivity contribution is 6.30. The van der Waals surface area contributed by atoms with Gasteiger partial charge in [0.25, 0.3) is 0 Å². The van der Waals surface area contributed by atoms with Crippen molar-refractivity contribution in [3.05, 3.63) is 29.3 Å². The van der Waals surface area contributed by atoms with Crippen molar-refractivity contribution in [3.63, 3.8) is 0 Å². The van der Waals surface area contributed by atoms with E-state index in [1.165, 1.54) is 0 Å². The molecule has 1 unspecified atom stereocenters. The van der Waals surface area contributed by atoms with Crippen LogP contribution in [0.25, 0.3) is 0 Å². The molecule has 0 bridgehead atoms. The first kappa shape index (κ1) is 10.5. The number of hydrogen-bond donors (Lipinski definition) is 0. The minimum absolute atomic E-state index is 0.282. The van der Waals surface area contributed by atoms with E-state index in [-0.39, 0.29) is 6.04 Å². The first-order valence-electron chi connectivity index (χ1n) is 5.21. The molecule has 3 heteroatoms. The number of carbonyl (C=O) groups is 1. The van der Waals surface area contributed by atoms with Crippen LogP contribution < -0.4 is 4.90 Å². The van der Waals surface area contributed by atoms with E-state index in [2.05, 4.69) is 11.8 Å². The molecule has 1 aliphatic heterocycles. The maximum atomic E-state index is 11.3. The second-order valence-corrected chi connectivity index (χ2v) is 4.45. The molecule has 0 aromatic heterocycles. The van der Waals surface area contributed by atoms with Crippen molar-refractivity contribution in [2.45, 2.75) is 25.8 Å². The Morgan fingerprint density at radius 3 is 2.93 bits per heavy atom. The second kappa shape index (κ2) is 4.23. The molecule has 15 heavy (non-hydrogen) atoms. The summed E-state index contributed by atoms with van der Waals surface area (Å²) in [4.78, 5) is 13.5. The quantitative estimate of drug-likeness (QED) is 0.730. The summed E-state index contributed by atoms with van der Waals surface area (Å²) in [6.45, 7) is 2.89. The van der Waals surface area contributed by atoms with Crippen LogP contribution in [0.3, 0.4) is 0 Å². The Bertz CT molecular complexity index is 378. The minimum Gasteiger partial charge on any atom is -0.368 e. The highest BCUT2D eigenvalue weighted by Gasteiger charge is 2.23. The number of nitrogens with zero attached hydrogens (tertiary/aromatic N) is 1. The largest absolute Gasteiger partial charge is 0.368 e. The molecule has 1 aromatic rings. The molecule has 0 saturated carbocycles. The second-order valence-electron chi connectivity index (χ2n) is 4.02. The molecule has 1 aromatic carbocycles. The molecule has 1 saturated heterocycles. The Morgan fingerprint density at radius 2 is 2.27 bits per heavy atom.